The third-order valence-electron chi connectivity index (χ3n) is 7.21. The minimum absolute atomic E-state index is 0.228. The third-order valence-corrected chi connectivity index (χ3v) is 7.21. The normalized spacial score (nSPS) is 28.0. The van der Waals surface area contributed by atoms with Gasteiger partial charge in [-0.2, -0.15) is 5.26 Å². The summed E-state index contributed by atoms with van der Waals surface area (Å²) in [6, 6.07) is 7.75. The lowest BCUT2D eigenvalue weighted by Gasteiger charge is -2.41. The standard InChI is InChI=1S/C24H32N4O4/c1-2-32-23(31)26-18-4-9-21(17(14-18)15-25)27-12-3-10-24(16-27)11-13-28(22(24)30)19-5-7-20(29)8-6-19/h4,9,14,19-20,29H,2-3,5-8,10-13,16H2,1H3,(H,26,31)/t19-,20-,24-/m0/s1. The van der Waals surface area contributed by atoms with Gasteiger partial charge in [-0.1, -0.05) is 0 Å². The van der Waals surface area contributed by atoms with Crippen molar-refractivity contribution in [3.05, 3.63) is 23.8 Å². The van der Waals surface area contributed by atoms with E-state index in [2.05, 4.69) is 21.2 Å². The van der Waals surface area contributed by atoms with Gasteiger partial charge in [0.05, 0.1) is 29.4 Å². The quantitative estimate of drug-likeness (QED) is 0.745. The minimum atomic E-state index is -0.548. The van der Waals surface area contributed by atoms with E-state index in [9.17, 15) is 20.0 Å². The fourth-order valence-corrected chi connectivity index (χ4v) is 5.55. The average molecular weight is 441 g/mol. The Balaban J connectivity index is 1.49. The highest BCUT2D eigenvalue weighted by atomic mass is 16.5. The SMILES string of the molecule is CCOC(=O)Nc1ccc(N2CCC[C@]3(CCN([C@H]4CC[C@H](O)CC4)C3=O)C2)c(C#N)c1. The third kappa shape index (κ3) is 4.40. The van der Waals surface area contributed by atoms with E-state index in [0.717, 1.165) is 63.7 Å². The zero-order valence-electron chi connectivity index (χ0n) is 18.7. The van der Waals surface area contributed by atoms with Crippen LogP contribution in [0, 0.1) is 16.7 Å². The summed E-state index contributed by atoms with van der Waals surface area (Å²) in [6.45, 7) is 4.19. The van der Waals surface area contributed by atoms with Crippen LogP contribution < -0.4 is 10.2 Å². The van der Waals surface area contributed by atoms with Crippen molar-refractivity contribution in [3.63, 3.8) is 0 Å². The fraction of sp³-hybridized carbons (Fsp3) is 0.625. The van der Waals surface area contributed by atoms with Crippen molar-refractivity contribution < 1.29 is 19.4 Å². The number of rotatable bonds is 4. The molecule has 1 spiro atoms. The van der Waals surface area contributed by atoms with Crippen LogP contribution in [0.2, 0.25) is 0 Å². The van der Waals surface area contributed by atoms with E-state index in [1.807, 2.05) is 6.07 Å². The topological polar surface area (TPSA) is 106 Å². The van der Waals surface area contributed by atoms with Gasteiger partial charge < -0.3 is 19.6 Å². The van der Waals surface area contributed by atoms with Gasteiger partial charge in [-0.3, -0.25) is 10.1 Å². The van der Waals surface area contributed by atoms with Gasteiger partial charge in [0.2, 0.25) is 5.91 Å². The van der Waals surface area contributed by atoms with E-state index in [1.165, 1.54) is 0 Å². The van der Waals surface area contributed by atoms with Crippen LogP contribution >= 0.6 is 0 Å². The van der Waals surface area contributed by atoms with Crippen LogP contribution in [0.3, 0.4) is 0 Å². The van der Waals surface area contributed by atoms with Gasteiger partial charge in [-0.05, 0) is 70.1 Å². The predicted octanol–water partition coefficient (Wildman–Crippen LogP) is 3.25. The monoisotopic (exact) mass is 440 g/mol. The van der Waals surface area contributed by atoms with Crippen LogP contribution in [0.15, 0.2) is 18.2 Å². The van der Waals surface area contributed by atoms with Crippen LogP contribution in [-0.4, -0.2) is 60.4 Å². The smallest absolute Gasteiger partial charge is 0.411 e. The maximum absolute atomic E-state index is 13.5. The molecule has 8 heteroatoms. The first kappa shape index (κ1) is 22.4. The number of benzene rings is 1. The molecule has 2 saturated heterocycles. The Kier molecular flexibility index (Phi) is 6.56. The number of likely N-dealkylation sites (tertiary alicyclic amines) is 1. The molecule has 2 heterocycles. The van der Waals surface area contributed by atoms with Crippen molar-refractivity contribution in [2.75, 3.05) is 36.5 Å². The lowest BCUT2D eigenvalue weighted by atomic mass is 9.78. The Bertz CT molecular complexity index is 906. The number of carbonyl (C=O) groups is 2. The van der Waals surface area contributed by atoms with E-state index in [4.69, 9.17) is 4.74 Å². The van der Waals surface area contributed by atoms with Crippen molar-refractivity contribution in [1.29, 1.82) is 5.26 Å². The number of carbonyl (C=O) groups excluding carboxylic acids is 2. The Hall–Kier alpha value is -2.79. The summed E-state index contributed by atoms with van der Waals surface area (Å²) in [5.74, 6) is 0.239. The number of ether oxygens (including phenoxy) is 1. The van der Waals surface area contributed by atoms with E-state index in [1.54, 1.807) is 19.1 Å². The molecule has 0 bridgehead atoms. The minimum Gasteiger partial charge on any atom is -0.450 e. The Morgan fingerprint density at radius 1 is 1.28 bits per heavy atom. The molecule has 1 aromatic carbocycles. The average Bonchev–Trinajstić information content (AvgIpc) is 3.09. The molecule has 0 unspecified atom stereocenters. The van der Waals surface area contributed by atoms with Crippen molar-refractivity contribution in [3.8, 4) is 6.07 Å². The molecule has 1 atom stereocenters. The fourth-order valence-electron chi connectivity index (χ4n) is 5.55. The van der Waals surface area contributed by atoms with E-state index < -0.39 is 11.5 Å². The van der Waals surface area contributed by atoms with Crippen LogP contribution in [0.5, 0.6) is 0 Å². The summed E-state index contributed by atoms with van der Waals surface area (Å²) in [6.07, 6.45) is 5.12. The molecule has 1 aliphatic carbocycles. The van der Waals surface area contributed by atoms with Crippen LogP contribution in [0.25, 0.3) is 0 Å². The number of amides is 2. The molecule has 32 heavy (non-hydrogen) atoms. The van der Waals surface area contributed by atoms with Gasteiger partial charge >= 0.3 is 6.09 Å². The van der Waals surface area contributed by atoms with Gasteiger partial charge in [0, 0.05) is 31.4 Å². The first-order valence-electron chi connectivity index (χ1n) is 11.7. The lowest BCUT2D eigenvalue weighted by Crippen LogP contribution is -2.50. The van der Waals surface area contributed by atoms with Gasteiger partial charge in [-0.25, -0.2) is 4.79 Å². The Morgan fingerprint density at radius 2 is 2.06 bits per heavy atom. The molecule has 0 aromatic heterocycles. The number of hydrogen-bond donors (Lipinski definition) is 2. The van der Waals surface area contributed by atoms with Gasteiger partial charge in [0.15, 0.2) is 0 Å². The maximum atomic E-state index is 13.5. The molecule has 8 nitrogen and oxygen atoms in total. The zero-order valence-corrected chi connectivity index (χ0v) is 18.7. The van der Waals surface area contributed by atoms with Gasteiger partial charge in [0.1, 0.15) is 6.07 Å². The molecule has 1 aromatic rings. The second kappa shape index (κ2) is 9.37. The van der Waals surface area contributed by atoms with Crippen LogP contribution in [0.1, 0.15) is 57.4 Å². The van der Waals surface area contributed by atoms with Crippen LogP contribution in [-0.2, 0) is 9.53 Å². The predicted molar refractivity (Wildman–Crippen MR) is 120 cm³/mol. The van der Waals surface area contributed by atoms with E-state index in [-0.39, 0.29) is 24.7 Å². The highest BCUT2D eigenvalue weighted by molar-refractivity contribution is 5.87. The number of nitrogens with zero attached hydrogens (tertiary/aromatic N) is 3. The first-order valence-corrected chi connectivity index (χ1v) is 11.7. The number of aliphatic hydroxyl groups excluding tert-OH is 1. The largest absolute Gasteiger partial charge is 0.450 e. The van der Waals surface area contributed by atoms with Gasteiger partial charge in [0.25, 0.3) is 0 Å². The number of nitrogens with one attached hydrogen (secondary N) is 1. The summed E-state index contributed by atoms with van der Waals surface area (Å²) in [4.78, 5) is 29.5. The Labute approximate surface area is 189 Å². The number of piperidine rings is 1. The van der Waals surface area contributed by atoms with E-state index >= 15 is 0 Å². The molecular weight excluding hydrogens is 408 g/mol. The summed E-state index contributed by atoms with van der Waals surface area (Å²) in [5, 5.41) is 22.2. The second-order valence-corrected chi connectivity index (χ2v) is 9.21. The molecule has 2 N–H and O–H groups in total. The molecule has 2 aliphatic heterocycles. The van der Waals surface area contributed by atoms with Gasteiger partial charge in [-0.15, -0.1) is 0 Å². The summed E-state index contributed by atoms with van der Waals surface area (Å²) in [5.41, 5.74) is 1.38. The number of hydrogen-bond acceptors (Lipinski definition) is 6. The highest BCUT2D eigenvalue weighted by Crippen LogP contribution is 2.44. The van der Waals surface area contributed by atoms with Crippen molar-refractivity contribution in [2.45, 2.75) is 64.0 Å². The molecule has 2 amide bonds. The summed E-state index contributed by atoms with van der Waals surface area (Å²) >= 11 is 0. The van der Waals surface area contributed by atoms with Crippen LogP contribution in [0.4, 0.5) is 16.2 Å². The number of nitriles is 1. The highest BCUT2D eigenvalue weighted by Gasteiger charge is 2.50. The first-order chi connectivity index (χ1) is 15.5. The molecule has 0 radical (unpaired) electrons. The Morgan fingerprint density at radius 3 is 2.78 bits per heavy atom. The molecule has 3 fully saturated rings. The number of anilines is 2. The zero-order chi connectivity index (χ0) is 22.7. The molecule has 4 rings (SSSR count). The maximum Gasteiger partial charge on any atom is 0.411 e. The summed E-state index contributed by atoms with van der Waals surface area (Å²) < 4.78 is 4.91. The van der Waals surface area contributed by atoms with Crippen molar-refractivity contribution in [1.82, 2.24) is 4.90 Å². The van der Waals surface area contributed by atoms with E-state index in [0.29, 0.717) is 17.8 Å². The number of aliphatic hydroxyl groups is 1. The summed E-state index contributed by atoms with van der Waals surface area (Å²) in [7, 11) is 0. The molecular formula is C24H32N4O4. The lowest BCUT2D eigenvalue weighted by molar-refractivity contribution is -0.139. The second-order valence-electron chi connectivity index (χ2n) is 9.21. The van der Waals surface area contributed by atoms with Crippen molar-refractivity contribution >= 4 is 23.4 Å². The molecule has 172 valence electrons. The van der Waals surface area contributed by atoms with Crippen molar-refractivity contribution in [2.24, 2.45) is 5.41 Å². The molecule has 3 aliphatic rings. The molecule has 1 saturated carbocycles.